The van der Waals surface area contributed by atoms with E-state index in [2.05, 4.69) is 87.1 Å². The summed E-state index contributed by atoms with van der Waals surface area (Å²) in [7, 11) is 2.09. The van der Waals surface area contributed by atoms with Gasteiger partial charge >= 0.3 is 0 Å². The predicted octanol–water partition coefficient (Wildman–Crippen LogP) is 4.66. The molecule has 0 aliphatic carbocycles. The molecule has 0 aromatic heterocycles. The highest BCUT2D eigenvalue weighted by Gasteiger charge is 2.17. The van der Waals surface area contributed by atoms with Gasteiger partial charge in [-0.2, -0.15) is 0 Å². The van der Waals surface area contributed by atoms with Crippen LogP contribution in [0.5, 0.6) is 0 Å². The standard InChI is InChI=1S/C16H18Br2N2/c1-11-5-3-4-6-15(11)20(2)16(10-19)12-7-8-13(17)14(18)9-12/h3-9,16H,10,19H2,1-2H3. The molecule has 106 valence electrons. The molecule has 1 atom stereocenters. The molecule has 4 heteroatoms. The van der Waals surface area contributed by atoms with Crippen molar-refractivity contribution in [1.29, 1.82) is 0 Å². The summed E-state index contributed by atoms with van der Waals surface area (Å²) in [5.74, 6) is 0. The molecule has 2 rings (SSSR count). The van der Waals surface area contributed by atoms with Crippen LogP contribution in [0.1, 0.15) is 17.2 Å². The summed E-state index contributed by atoms with van der Waals surface area (Å²) in [5, 5.41) is 0. The van der Waals surface area contributed by atoms with E-state index in [0.717, 1.165) is 8.95 Å². The van der Waals surface area contributed by atoms with Gasteiger partial charge < -0.3 is 10.6 Å². The summed E-state index contributed by atoms with van der Waals surface area (Å²) in [5.41, 5.74) is 9.68. The number of para-hydroxylation sites is 1. The SMILES string of the molecule is Cc1ccccc1N(C)C(CN)c1ccc(Br)c(Br)c1. The third-order valence-electron chi connectivity index (χ3n) is 3.51. The van der Waals surface area contributed by atoms with Crippen molar-refractivity contribution in [3.05, 3.63) is 62.5 Å². The van der Waals surface area contributed by atoms with E-state index in [1.165, 1.54) is 16.8 Å². The molecular weight excluding hydrogens is 380 g/mol. The molecule has 1 unspecified atom stereocenters. The van der Waals surface area contributed by atoms with E-state index in [1.807, 2.05) is 6.07 Å². The van der Waals surface area contributed by atoms with Crippen LogP contribution < -0.4 is 10.6 Å². The van der Waals surface area contributed by atoms with Crippen molar-refractivity contribution < 1.29 is 0 Å². The highest BCUT2D eigenvalue weighted by atomic mass is 79.9. The van der Waals surface area contributed by atoms with E-state index < -0.39 is 0 Å². The predicted molar refractivity (Wildman–Crippen MR) is 93.2 cm³/mol. The average Bonchev–Trinajstić information content (AvgIpc) is 2.44. The van der Waals surface area contributed by atoms with Gasteiger partial charge in [-0.15, -0.1) is 0 Å². The van der Waals surface area contributed by atoms with Crippen LogP contribution in [0.3, 0.4) is 0 Å². The minimum atomic E-state index is 0.153. The van der Waals surface area contributed by atoms with Crippen LogP contribution in [0, 0.1) is 6.92 Å². The van der Waals surface area contributed by atoms with Crippen molar-refractivity contribution in [2.45, 2.75) is 13.0 Å². The van der Waals surface area contributed by atoms with E-state index in [9.17, 15) is 0 Å². The van der Waals surface area contributed by atoms with E-state index in [-0.39, 0.29) is 6.04 Å². The van der Waals surface area contributed by atoms with Gasteiger partial charge in [-0.1, -0.05) is 24.3 Å². The zero-order valence-corrected chi connectivity index (χ0v) is 14.8. The van der Waals surface area contributed by atoms with Gasteiger partial charge in [0.05, 0.1) is 6.04 Å². The maximum atomic E-state index is 6.01. The number of hydrogen-bond donors (Lipinski definition) is 1. The number of aryl methyl sites for hydroxylation is 1. The lowest BCUT2D eigenvalue weighted by Gasteiger charge is -2.31. The fraction of sp³-hybridized carbons (Fsp3) is 0.250. The molecule has 0 heterocycles. The Labute approximate surface area is 137 Å². The third-order valence-corrected chi connectivity index (χ3v) is 5.39. The summed E-state index contributed by atoms with van der Waals surface area (Å²) in [4.78, 5) is 2.24. The molecular formula is C16H18Br2N2. The maximum Gasteiger partial charge on any atom is 0.0662 e. The van der Waals surface area contributed by atoms with Crippen molar-refractivity contribution in [2.24, 2.45) is 5.73 Å². The molecule has 0 aliphatic heterocycles. The molecule has 0 bridgehead atoms. The van der Waals surface area contributed by atoms with E-state index in [4.69, 9.17) is 5.73 Å². The molecule has 0 aliphatic rings. The van der Waals surface area contributed by atoms with Crippen molar-refractivity contribution in [3.63, 3.8) is 0 Å². The highest BCUT2D eigenvalue weighted by molar-refractivity contribution is 9.13. The second-order valence-corrected chi connectivity index (χ2v) is 6.53. The lowest BCUT2D eigenvalue weighted by molar-refractivity contribution is 0.678. The number of halogens is 2. The smallest absolute Gasteiger partial charge is 0.0662 e. The first-order valence-corrected chi connectivity index (χ1v) is 8.06. The minimum Gasteiger partial charge on any atom is -0.366 e. The van der Waals surface area contributed by atoms with Crippen LogP contribution in [0.15, 0.2) is 51.4 Å². The van der Waals surface area contributed by atoms with Crippen LogP contribution in [0.2, 0.25) is 0 Å². The zero-order chi connectivity index (χ0) is 14.7. The first-order chi connectivity index (χ1) is 9.54. The molecule has 0 amide bonds. The van der Waals surface area contributed by atoms with Gasteiger partial charge in [-0.3, -0.25) is 0 Å². The fourth-order valence-corrected chi connectivity index (χ4v) is 3.01. The largest absolute Gasteiger partial charge is 0.366 e. The Morgan fingerprint density at radius 1 is 1.10 bits per heavy atom. The van der Waals surface area contributed by atoms with Crippen LogP contribution in [-0.2, 0) is 0 Å². The summed E-state index contributed by atoms with van der Waals surface area (Å²) in [6.45, 7) is 2.69. The molecule has 0 saturated heterocycles. The first-order valence-electron chi connectivity index (χ1n) is 6.48. The fourth-order valence-electron chi connectivity index (χ4n) is 2.36. The van der Waals surface area contributed by atoms with Gasteiger partial charge in [0.2, 0.25) is 0 Å². The molecule has 0 fully saturated rings. The Hall–Kier alpha value is -0.840. The monoisotopic (exact) mass is 396 g/mol. The number of nitrogens with zero attached hydrogens (tertiary/aromatic N) is 1. The zero-order valence-electron chi connectivity index (χ0n) is 11.6. The topological polar surface area (TPSA) is 29.3 Å². The summed E-state index contributed by atoms with van der Waals surface area (Å²) >= 11 is 7.06. The van der Waals surface area contributed by atoms with E-state index >= 15 is 0 Å². The number of likely N-dealkylation sites (N-methyl/N-ethyl adjacent to an activating group) is 1. The van der Waals surface area contributed by atoms with Crippen molar-refractivity contribution in [2.75, 3.05) is 18.5 Å². The Morgan fingerprint density at radius 2 is 1.80 bits per heavy atom. The number of nitrogens with two attached hydrogens (primary N) is 1. The second-order valence-electron chi connectivity index (χ2n) is 4.82. The third kappa shape index (κ3) is 3.25. The summed E-state index contributed by atoms with van der Waals surface area (Å²) in [6.07, 6.45) is 0. The highest BCUT2D eigenvalue weighted by Crippen LogP contribution is 2.31. The van der Waals surface area contributed by atoms with Crippen LogP contribution in [0.4, 0.5) is 5.69 Å². The lowest BCUT2D eigenvalue weighted by Crippen LogP contribution is -2.30. The number of hydrogen-bond acceptors (Lipinski definition) is 2. The Morgan fingerprint density at radius 3 is 2.40 bits per heavy atom. The Kier molecular flexibility index (Phi) is 5.24. The van der Waals surface area contributed by atoms with Crippen LogP contribution >= 0.6 is 31.9 Å². The molecule has 20 heavy (non-hydrogen) atoms. The van der Waals surface area contributed by atoms with Crippen molar-refractivity contribution in [1.82, 2.24) is 0 Å². The normalized spacial score (nSPS) is 12.2. The maximum absolute atomic E-state index is 6.01. The van der Waals surface area contributed by atoms with E-state index in [1.54, 1.807) is 0 Å². The van der Waals surface area contributed by atoms with E-state index in [0.29, 0.717) is 6.54 Å². The van der Waals surface area contributed by atoms with Gasteiger partial charge in [0, 0.05) is 28.2 Å². The molecule has 2 N–H and O–H groups in total. The van der Waals surface area contributed by atoms with Crippen LogP contribution in [-0.4, -0.2) is 13.6 Å². The van der Waals surface area contributed by atoms with Gasteiger partial charge in [-0.05, 0) is 68.1 Å². The Bertz CT molecular complexity index is 599. The van der Waals surface area contributed by atoms with Crippen molar-refractivity contribution in [3.8, 4) is 0 Å². The summed E-state index contributed by atoms with van der Waals surface area (Å²) < 4.78 is 2.10. The van der Waals surface area contributed by atoms with Gasteiger partial charge in [0.1, 0.15) is 0 Å². The molecule has 2 nitrogen and oxygen atoms in total. The minimum absolute atomic E-state index is 0.153. The summed E-state index contributed by atoms with van der Waals surface area (Å²) in [6, 6.07) is 14.8. The molecule has 0 saturated carbocycles. The molecule has 0 spiro atoms. The first kappa shape index (κ1) is 15.5. The quantitative estimate of drug-likeness (QED) is 0.812. The molecule has 2 aromatic rings. The van der Waals surface area contributed by atoms with Crippen molar-refractivity contribution >= 4 is 37.5 Å². The second kappa shape index (κ2) is 6.74. The number of rotatable bonds is 4. The number of benzene rings is 2. The number of anilines is 1. The Balaban J connectivity index is 2.36. The molecule has 2 aromatic carbocycles. The molecule has 0 radical (unpaired) electrons. The van der Waals surface area contributed by atoms with Gasteiger partial charge in [0.25, 0.3) is 0 Å². The average molecular weight is 398 g/mol. The van der Waals surface area contributed by atoms with Crippen LogP contribution in [0.25, 0.3) is 0 Å². The van der Waals surface area contributed by atoms with Gasteiger partial charge in [-0.25, -0.2) is 0 Å². The van der Waals surface area contributed by atoms with Gasteiger partial charge in [0.15, 0.2) is 0 Å². The lowest BCUT2D eigenvalue weighted by atomic mass is 10.0.